The summed E-state index contributed by atoms with van der Waals surface area (Å²) in [6.45, 7) is 8.44. The van der Waals surface area contributed by atoms with Gasteiger partial charge in [-0.05, 0) is 49.4 Å². The predicted octanol–water partition coefficient (Wildman–Crippen LogP) is 4.68. The summed E-state index contributed by atoms with van der Waals surface area (Å²) in [5.41, 5.74) is 2.95. The largest absolute Gasteiger partial charge is 0.490 e. The van der Waals surface area contributed by atoms with Crippen LogP contribution in [0.1, 0.15) is 18.1 Å². The third-order valence-corrected chi connectivity index (χ3v) is 3.92. The molecule has 0 atom stereocenters. The highest BCUT2D eigenvalue weighted by atomic mass is 16.6. The van der Waals surface area contributed by atoms with Crippen molar-refractivity contribution in [3.8, 4) is 5.75 Å². The number of likely N-dealkylation sites (N-methyl/N-ethyl adjacent to an activating group) is 1. The van der Waals surface area contributed by atoms with E-state index in [0.29, 0.717) is 13.2 Å². The highest BCUT2D eigenvalue weighted by molar-refractivity contribution is 5.98. The van der Waals surface area contributed by atoms with E-state index in [2.05, 4.69) is 29.8 Å². The van der Waals surface area contributed by atoms with Crippen molar-refractivity contribution in [2.75, 3.05) is 26.7 Å². The van der Waals surface area contributed by atoms with Gasteiger partial charge in [0.1, 0.15) is 19.0 Å². The van der Waals surface area contributed by atoms with Gasteiger partial charge in [-0.25, -0.2) is 0 Å². The van der Waals surface area contributed by atoms with Gasteiger partial charge in [0.25, 0.3) is 0 Å². The number of rotatable bonds is 11. The monoisotopic (exact) mass is 364 g/mol. The second kappa shape index (κ2) is 11.7. The summed E-state index contributed by atoms with van der Waals surface area (Å²) in [5, 5.41) is 4.19. The number of hydrogen-bond donors (Lipinski definition) is 0. The first-order chi connectivity index (χ1) is 13.2. The van der Waals surface area contributed by atoms with Gasteiger partial charge >= 0.3 is 0 Å². The summed E-state index contributed by atoms with van der Waals surface area (Å²) in [4.78, 5) is 7.60. The van der Waals surface area contributed by atoms with E-state index in [0.717, 1.165) is 35.7 Å². The molecule has 0 aromatic heterocycles. The molecular formula is C23H28N2O2. The molecule has 2 rings (SSSR count). The number of ether oxygens (including phenoxy) is 1. The molecule has 0 aliphatic carbocycles. The molecule has 0 spiro atoms. The fraction of sp³-hybridized carbons (Fsp3) is 0.261. The molecule has 4 nitrogen and oxygen atoms in total. The third-order valence-electron chi connectivity index (χ3n) is 3.92. The first-order valence-electron chi connectivity index (χ1n) is 9.07. The Morgan fingerprint density at radius 1 is 1.04 bits per heavy atom. The summed E-state index contributed by atoms with van der Waals surface area (Å²) in [7, 11) is 2.05. The molecule has 0 N–H and O–H groups in total. The molecule has 0 aliphatic rings. The van der Waals surface area contributed by atoms with Crippen molar-refractivity contribution < 1.29 is 9.57 Å². The van der Waals surface area contributed by atoms with Crippen molar-refractivity contribution in [2.45, 2.75) is 13.5 Å². The van der Waals surface area contributed by atoms with Gasteiger partial charge in [-0.1, -0.05) is 53.7 Å². The van der Waals surface area contributed by atoms with Crippen LogP contribution in [0, 0.1) is 0 Å². The summed E-state index contributed by atoms with van der Waals surface area (Å²) >= 11 is 0. The second-order valence-corrected chi connectivity index (χ2v) is 6.25. The van der Waals surface area contributed by atoms with Crippen LogP contribution < -0.4 is 4.74 Å². The van der Waals surface area contributed by atoms with Crippen molar-refractivity contribution in [2.24, 2.45) is 5.16 Å². The van der Waals surface area contributed by atoms with Crippen LogP contribution in [-0.4, -0.2) is 37.4 Å². The fourth-order valence-electron chi connectivity index (χ4n) is 2.38. The average molecular weight is 364 g/mol. The minimum atomic E-state index is 0.466. The first kappa shape index (κ1) is 20.5. The molecule has 2 aromatic rings. The normalized spacial score (nSPS) is 11.7. The topological polar surface area (TPSA) is 34.1 Å². The molecule has 0 aliphatic heterocycles. The smallest absolute Gasteiger partial charge is 0.142 e. The van der Waals surface area contributed by atoms with Gasteiger partial charge in [0, 0.05) is 13.1 Å². The maximum atomic E-state index is 5.72. The van der Waals surface area contributed by atoms with E-state index >= 15 is 0 Å². The lowest BCUT2D eigenvalue weighted by atomic mass is 10.1. The van der Waals surface area contributed by atoms with E-state index in [1.165, 1.54) is 0 Å². The summed E-state index contributed by atoms with van der Waals surface area (Å²) in [6.07, 6.45) is 6.01. The Labute approximate surface area is 162 Å². The Morgan fingerprint density at radius 3 is 2.48 bits per heavy atom. The Balaban J connectivity index is 1.75. The molecule has 0 unspecified atom stereocenters. The highest BCUT2D eigenvalue weighted by Crippen LogP contribution is 2.13. The minimum absolute atomic E-state index is 0.466. The maximum Gasteiger partial charge on any atom is 0.142 e. The van der Waals surface area contributed by atoms with E-state index < -0.39 is 0 Å². The van der Waals surface area contributed by atoms with Crippen LogP contribution in [0.25, 0.3) is 0 Å². The molecule has 27 heavy (non-hydrogen) atoms. The number of oxime groups is 1. The van der Waals surface area contributed by atoms with Crippen LogP contribution in [0.4, 0.5) is 0 Å². The molecule has 142 valence electrons. The zero-order valence-corrected chi connectivity index (χ0v) is 16.2. The van der Waals surface area contributed by atoms with E-state index in [4.69, 9.17) is 9.57 Å². The molecule has 0 heterocycles. The molecular weight excluding hydrogens is 336 g/mol. The minimum Gasteiger partial charge on any atom is -0.490 e. The van der Waals surface area contributed by atoms with E-state index in [1.54, 1.807) is 0 Å². The molecule has 2 aromatic carbocycles. The van der Waals surface area contributed by atoms with Crippen LogP contribution in [-0.2, 0) is 11.4 Å². The second-order valence-electron chi connectivity index (χ2n) is 6.25. The van der Waals surface area contributed by atoms with Gasteiger partial charge in [-0.15, -0.1) is 6.58 Å². The lowest BCUT2D eigenvalue weighted by molar-refractivity contribution is 0.130. The quantitative estimate of drug-likeness (QED) is 0.330. The Bertz CT molecular complexity index is 737. The van der Waals surface area contributed by atoms with Gasteiger partial charge in [-0.2, -0.15) is 0 Å². The summed E-state index contributed by atoms with van der Waals surface area (Å²) < 4.78 is 5.72. The van der Waals surface area contributed by atoms with Crippen molar-refractivity contribution in [3.63, 3.8) is 0 Å². The number of hydrogen-bond acceptors (Lipinski definition) is 4. The van der Waals surface area contributed by atoms with Gasteiger partial charge in [0.05, 0.1) is 5.71 Å². The summed E-state index contributed by atoms with van der Waals surface area (Å²) in [6, 6.07) is 17.9. The molecule has 0 radical (unpaired) electrons. The molecule has 0 saturated carbocycles. The zero-order chi connectivity index (χ0) is 19.3. The Kier molecular flexibility index (Phi) is 8.87. The van der Waals surface area contributed by atoms with Crippen LogP contribution in [0.5, 0.6) is 5.75 Å². The van der Waals surface area contributed by atoms with Gasteiger partial charge in [-0.3, -0.25) is 4.90 Å². The van der Waals surface area contributed by atoms with Crippen LogP contribution >= 0.6 is 0 Å². The predicted molar refractivity (Wildman–Crippen MR) is 112 cm³/mol. The molecule has 0 amide bonds. The molecule has 0 bridgehead atoms. The standard InChI is InChI=1S/C23H28N2O2/c1-4-16-25(3)17-8-9-18-26-23-14-12-22(13-15-23)20(2)24-27-19-21-10-6-5-7-11-21/h4-15H,1,16-19H2,2-3H3. The number of nitrogens with zero attached hydrogens (tertiary/aromatic N) is 2. The van der Waals surface area contributed by atoms with E-state index in [-0.39, 0.29) is 0 Å². The van der Waals surface area contributed by atoms with E-state index in [1.807, 2.05) is 73.7 Å². The maximum absolute atomic E-state index is 5.72. The van der Waals surface area contributed by atoms with Crippen molar-refractivity contribution >= 4 is 5.71 Å². The van der Waals surface area contributed by atoms with Crippen molar-refractivity contribution in [1.29, 1.82) is 0 Å². The lowest BCUT2D eigenvalue weighted by Crippen LogP contribution is -2.17. The van der Waals surface area contributed by atoms with Gasteiger partial charge in [0.2, 0.25) is 0 Å². The molecule has 4 heteroatoms. The summed E-state index contributed by atoms with van der Waals surface area (Å²) in [5.74, 6) is 0.834. The molecule has 0 fully saturated rings. The highest BCUT2D eigenvalue weighted by Gasteiger charge is 2.00. The fourth-order valence-corrected chi connectivity index (χ4v) is 2.38. The zero-order valence-electron chi connectivity index (χ0n) is 16.2. The molecule has 0 saturated heterocycles. The Hall–Kier alpha value is -2.85. The average Bonchev–Trinajstić information content (AvgIpc) is 2.69. The first-order valence-corrected chi connectivity index (χ1v) is 9.07. The number of benzene rings is 2. The van der Waals surface area contributed by atoms with Gasteiger partial charge in [0.15, 0.2) is 0 Å². The van der Waals surface area contributed by atoms with Crippen molar-refractivity contribution in [3.05, 3.63) is 90.5 Å². The third kappa shape index (κ3) is 7.92. The van der Waals surface area contributed by atoms with Crippen LogP contribution in [0.15, 0.2) is 84.6 Å². The van der Waals surface area contributed by atoms with Crippen LogP contribution in [0.3, 0.4) is 0 Å². The van der Waals surface area contributed by atoms with Crippen LogP contribution in [0.2, 0.25) is 0 Å². The Morgan fingerprint density at radius 2 is 1.78 bits per heavy atom. The van der Waals surface area contributed by atoms with Gasteiger partial charge < -0.3 is 9.57 Å². The lowest BCUT2D eigenvalue weighted by Gasteiger charge is -2.10. The van der Waals surface area contributed by atoms with E-state index in [9.17, 15) is 0 Å². The van der Waals surface area contributed by atoms with Crippen molar-refractivity contribution in [1.82, 2.24) is 4.90 Å². The SMILES string of the molecule is C=CCN(C)CC=CCOc1ccc(C(C)=NOCc2ccccc2)cc1.